The van der Waals surface area contributed by atoms with Crippen molar-refractivity contribution in [3.05, 3.63) is 203 Å². The van der Waals surface area contributed by atoms with Gasteiger partial charge in [0.2, 0.25) is 0 Å². The summed E-state index contributed by atoms with van der Waals surface area (Å²) in [7, 11) is 0. The van der Waals surface area contributed by atoms with Crippen molar-refractivity contribution in [1.82, 2.24) is 0 Å². The predicted molar refractivity (Wildman–Crippen MR) is 233 cm³/mol. The van der Waals surface area contributed by atoms with Gasteiger partial charge in [0.05, 0.1) is 37.8 Å². The number of benzene rings is 6. The fourth-order valence-corrected chi connectivity index (χ4v) is 9.70. The molecule has 10 rings (SSSR count). The van der Waals surface area contributed by atoms with Crippen LogP contribution in [0, 0.1) is 5.92 Å². The standard InChI is InChI=1S/C53H48O8/c1-2-50(54)60-33-29-56-27-31-58-38-23-19-36(20-24-38)53(48-17-9-7-13-42(48)43-14-8-10-18-49(43)53)37-21-25-39(26-22-37)59-32-28-57-30-34-61-52(55)47-35-46-40-11-3-5-15-44(40)51(47)45-16-6-4-12-41(45)46/h2-26,46-47,51H,1,27-35H2. The zero-order chi connectivity index (χ0) is 41.6. The molecule has 0 aliphatic heterocycles. The number of esters is 2. The maximum atomic E-state index is 13.4. The lowest BCUT2D eigenvalue weighted by Crippen LogP contribution is -2.37. The number of ether oxygens (including phenoxy) is 6. The topological polar surface area (TPSA) is 89.5 Å². The Hall–Kier alpha value is -6.48. The Kier molecular flexibility index (Phi) is 11.8. The average Bonchev–Trinajstić information content (AvgIpc) is 3.62. The molecular weight excluding hydrogens is 765 g/mol. The molecule has 1 atom stereocenters. The van der Waals surface area contributed by atoms with Crippen LogP contribution in [-0.4, -0.2) is 64.8 Å². The molecule has 0 heterocycles. The van der Waals surface area contributed by atoms with Crippen LogP contribution in [0.1, 0.15) is 62.8 Å². The smallest absolute Gasteiger partial charge is 0.330 e. The number of carbonyl (C=O) groups is 2. The van der Waals surface area contributed by atoms with Crippen LogP contribution < -0.4 is 9.47 Å². The van der Waals surface area contributed by atoms with Gasteiger partial charge in [-0.3, -0.25) is 4.79 Å². The van der Waals surface area contributed by atoms with Crippen molar-refractivity contribution in [2.24, 2.45) is 5.92 Å². The minimum atomic E-state index is -0.569. The third kappa shape index (κ3) is 7.74. The van der Waals surface area contributed by atoms with Gasteiger partial charge >= 0.3 is 11.9 Å². The van der Waals surface area contributed by atoms with Gasteiger partial charge in [-0.05, 0) is 86.3 Å². The molecule has 8 nitrogen and oxygen atoms in total. The van der Waals surface area contributed by atoms with Gasteiger partial charge in [-0.2, -0.15) is 0 Å². The quantitative estimate of drug-likeness (QED) is 0.0482. The van der Waals surface area contributed by atoms with Gasteiger partial charge in [-0.15, -0.1) is 0 Å². The van der Waals surface area contributed by atoms with Crippen LogP contribution in [0.4, 0.5) is 0 Å². The Balaban J connectivity index is 0.809. The summed E-state index contributed by atoms with van der Waals surface area (Å²) < 4.78 is 34.3. The van der Waals surface area contributed by atoms with E-state index in [0.717, 1.165) is 35.1 Å². The molecule has 6 aromatic rings. The molecule has 0 fully saturated rings. The van der Waals surface area contributed by atoms with E-state index in [1.807, 2.05) is 24.3 Å². The van der Waals surface area contributed by atoms with Gasteiger partial charge in [-0.1, -0.05) is 128 Å². The van der Waals surface area contributed by atoms with Gasteiger partial charge in [-0.25, -0.2) is 4.79 Å². The second kappa shape index (κ2) is 18.0. The van der Waals surface area contributed by atoms with Crippen LogP contribution in [0.15, 0.2) is 158 Å². The number of carbonyl (C=O) groups excluding carboxylic acids is 2. The number of rotatable bonds is 18. The van der Waals surface area contributed by atoms with E-state index < -0.39 is 11.4 Å². The van der Waals surface area contributed by atoms with Crippen molar-refractivity contribution in [3.63, 3.8) is 0 Å². The van der Waals surface area contributed by atoms with Crippen molar-refractivity contribution < 1.29 is 38.0 Å². The first kappa shape index (κ1) is 40.0. The first-order valence-electron chi connectivity index (χ1n) is 21.0. The second-order valence-electron chi connectivity index (χ2n) is 15.5. The van der Waals surface area contributed by atoms with E-state index in [4.69, 9.17) is 28.4 Å². The highest BCUT2D eigenvalue weighted by molar-refractivity contribution is 5.86. The normalized spacial score (nSPS) is 17.3. The molecule has 4 aliphatic rings. The molecule has 6 aromatic carbocycles. The summed E-state index contributed by atoms with van der Waals surface area (Å²) in [6, 6.07) is 50.9. The number of fused-ring (bicyclic) bond motifs is 4. The van der Waals surface area contributed by atoms with Crippen molar-refractivity contribution in [2.75, 3.05) is 52.9 Å². The van der Waals surface area contributed by atoms with Crippen molar-refractivity contribution in [2.45, 2.75) is 23.7 Å². The Morgan fingerprint density at radius 3 is 1.48 bits per heavy atom. The van der Waals surface area contributed by atoms with E-state index in [0.29, 0.717) is 33.0 Å². The van der Waals surface area contributed by atoms with Gasteiger partial charge < -0.3 is 28.4 Å². The van der Waals surface area contributed by atoms with E-state index in [1.165, 1.54) is 44.5 Å². The van der Waals surface area contributed by atoms with E-state index in [-0.39, 0.29) is 43.5 Å². The maximum absolute atomic E-state index is 13.4. The van der Waals surface area contributed by atoms with Crippen LogP contribution in [0.25, 0.3) is 11.1 Å². The molecule has 2 bridgehead atoms. The lowest BCUT2D eigenvalue weighted by Gasteiger charge is -2.44. The molecule has 0 radical (unpaired) electrons. The Bertz CT molecular complexity index is 2410. The van der Waals surface area contributed by atoms with Gasteiger partial charge in [0.25, 0.3) is 0 Å². The third-order valence-corrected chi connectivity index (χ3v) is 12.2. The molecule has 8 heteroatoms. The summed E-state index contributed by atoms with van der Waals surface area (Å²) in [6.07, 6.45) is 1.90. The monoisotopic (exact) mass is 812 g/mol. The summed E-state index contributed by atoms with van der Waals surface area (Å²) >= 11 is 0. The molecule has 0 aromatic heterocycles. The lowest BCUT2D eigenvalue weighted by molar-refractivity contribution is -0.151. The number of hydrogen-bond donors (Lipinski definition) is 0. The highest BCUT2D eigenvalue weighted by Crippen LogP contribution is 2.57. The van der Waals surface area contributed by atoms with Gasteiger partial charge in [0, 0.05) is 17.9 Å². The fraction of sp³-hybridized carbons (Fsp3) is 0.245. The van der Waals surface area contributed by atoms with Crippen LogP contribution >= 0.6 is 0 Å². The molecule has 0 N–H and O–H groups in total. The Morgan fingerprint density at radius 1 is 0.525 bits per heavy atom. The summed E-state index contributed by atoms with van der Waals surface area (Å²) in [4.78, 5) is 24.7. The van der Waals surface area contributed by atoms with E-state index in [1.54, 1.807) is 0 Å². The van der Waals surface area contributed by atoms with Crippen LogP contribution in [0.3, 0.4) is 0 Å². The molecule has 4 aliphatic carbocycles. The maximum Gasteiger partial charge on any atom is 0.330 e. The van der Waals surface area contributed by atoms with E-state index in [9.17, 15) is 9.59 Å². The average molecular weight is 813 g/mol. The van der Waals surface area contributed by atoms with Crippen molar-refractivity contribution >= 4 is 11.9 Å². The number of hydrogen-bond acceptors (Lipinski definition) is 8. The SMILES string of the molecule is C=CC(=O)OCCOCCOc1ccc(C2(c3ccc(OCCOCCOC(=O)C4CC5c6ccccc6C4c4ccccc45)cc3)c3ccccc3-c3ccccc32)cc1. The second-order valence-corrected chi connectivity index (χ2v) is 15.5. The molecule has 1 unspecified atom stereocenters. The Labute approximate surface area is 356 Å². The third-order valence-electron chi connectivity index (χ3n) is 12.2. The van der Waals surface area contributed by atoms with Crippen molar-refractivity contribution in [3.8, 4) is 22.6 Å². The van der Waals surface area contributed by atoms with Gasteiger partial charge in [0.15, 0.2) is 0 Å². The first-order valence-corrected chi connectivity index (χ1v) is 21.0. The first-order chi connectivity index (χ1) is 30.1. The minimum Gasteiger partial charge on any atom is -0.491 e. The van der Waals surface area contributed by atoms with Gasteiger partial charge in [0.1, 0.15) is 37.9 Å². The molecule has 0 saturated heterocycles. The zero-order valence-electron chi connectivity index (χ0n) is 34.0. The fourth-order valence-electron chi connectivity index (χ4n) is 9.70. The molecular formula is C53H48O8. The predicted octanol–water partition coefficient (Wildman–Crippen LogP) is 9.41. The highest BCUT2D eigenvalue weighted by Gasteiger charge is 2.47. The molecule has 0 saturated carbocycles. The van der Waals surface area contributed by atoms with E-state index >= 15 is 0 Å². The van der Waals surface area contributed by atoms with Crippen LogP contribution in [0.2, 0.25) is 0 Å². The Morgan fingerprint density at radius 2 is 0.967 bits per heavy atom. The summed E-state index contributed by atoms with van der Waals surface area (Å²) in [5.41, 5.74) is 11.7. The molecule has 308 valence electrons. The molecule has 0 spiro atoms. The molecule has 0 amide bonds. The minimum absolute atomic E-state index is 0.0193. The summed E-state index contributed by atoms with van der Waals surface area (Å²) in [5.74, 6) is 0.884. The molecule has 61 heavy (non-hydrogen) atoms. The summed E-state index contributed by atoms with van der Waals surface area (Å²) in [5, 5.41) is 0. The van der Waals surface area contributed by atoms with Crippen LogP contribution in [0.5, 0.6) is 11.5 Å². The van der Waals surface area contributed by atoms with Crippen molar-refractivity contribution in [1.29, 1.82) is 0 Å². The summed E-state index contributed by atoms with van der Waals surface area (Å²) in [6.45, 7) is 5.79. The van der Waals surface area contributed by atoms with E-state index in [2.05, 4.69) is 128 Å². The van der Waals surface area contributed by atoms with Crippen LogP contribution in [-0.2, 0) is 34.0 Å². The largest absolute Gasteiger partial charge is 0.491 e. The zero-order valence-corrected chi connectivity index (χ0v) is 34.0. The highest BCUT2D eigenvalue weighted by atomic mass is 16.6. The lowest BCUT2D eigenvalue weighted by atomic mass is 9.59.